The van der Waals surface area contributed by atoms with E-state index in [1.165, 1.54) is 89.0 Å². The van der Waals surface area contributed by atoms with Gasteiger partial charge >= 0.3 is 0 Å². The zero-order valence-corrected chi connectivity index (χ0v) is 28.3. The molecule has 0 radical (unpaired) electrons. The van der Waals surface area contributed by atoms with Gasteiger partial charge < -0.3 is 31.8 Å². The van der Waals surface area contributed by atoms with Crippen molar-refractivity contribution in [2.45, 2.75) is 103 Å². The number of hydrogen-bond donors (Lipinski definition) is 1. The van der Waals surface area contributed by atoms with E-state index in [9.17, 15) is 4.79 Å². The first-order valence-electron chi connectivity index (χ1n) is 15.5. The maximum atomic E-state index is 12.4. The van der Waals surface area contributed by atoms with Gasteiger partial charge in [-0.1, -0.05) is 125 Å². The molecule has 0 atom stereocenters. The number of anilines is 1. The molecule has 232 valence electrons. The molecule has 3 rings (SSSR count). The Morgan fingerprint density at radius 2 is 1.45 bits per heavy atom. The summed E-state index contributed by atoms with van der Waals surface area (Å²) in [7, 11) is 0. The first-order chi connectivity index (χ1) is 20.1. The minimum absolute atomic E-state index is 0. The second kappa shape index (κ2) is 22.4. The molecule has 1 amide bonds. The van der Waals surface area contributed by atoms with Crippen LogP contribution in [0.15, 0.2) is 59.6 Å². The average Bonchev–Trinajstić information content (AvgIpc) is 3.49. The smallest absolute Gasteiger partial charge is 0.262 e. The summed E-state index contributed by atoms with van der Waals surface area (Å²) >= 11 is 8.04. The number of halogens is 2. The zero-order valence-electron chi connectivity index (χ0n) is 25.1. The van der Waals surface area contributed by atoms with Crippen LogP contribution in [0.5, 0.6) is 11.5 Å². The summed E-state index contributed by atoms with van der Waals surface area (Å²) in [6.45, 7) is 3.64. The highest BCUT2D eigenvalue weighted by molar-refractivity contribution is 7.07. The molecule has 3 aromatic rings. The third-order valence-corrected chi connectivity index (χ3v) is 8.13. The summed E-state index contributed by atoms with van der Waals surface area (Å²) in [5.41, 5.74) is 3.97. The van der Waals surface area contributed by atoms with Crippen molar-refractivity contribution >= 4 is 34.5 Å². The third kappa shape index (κ3) is 15.4. The molecule has 1 aromatic heterocycles. The van der Waals surface area contributed by atoms with Crippen LogP contribution in [0.1, 0.15) is 102 Å². The Morgan fingerprint density at radius 3 is 2.02 bits per heavy atom. The average molecular weight is 680 g/mol. The van der Waals surface area contributed by atoms with Gasteiger partial charge in [0.05, 0.1) is 17.0 Å². The molecule has 1 heterocycles. The minimum Gasteiger partial charge on any atom is -1.00 e. The van der Waals surface area contributed by atoms with E-state index in [1.54, 1.807) is 23.5 Å². The summed E-state index contributed by atoms with van der Waals surface area (Å²) in [5, 5.41) is 5.35. The van der Waals surface area contributed by atoms with Crippen molar-refractivity contribution in [3.8, 4) is 11.5 Å². The van der Waals surface area contributed by atoms with Crippen molar-refractivity contribution in [1.29, 1.82) is 0 Å². The van der Waals surface area contributed by atoms with Crippen molar-refractivity contribution in [3.63, 3.8) is 0 Å². The number of rotatable bonds is 22. The molecule has 0 bridgehead atoms. The van der Waals surface area contributed by atoms with Crippen LogP contribution in [-0.2, 0) is 11.3 Å². The van der Waals surface area contributed by atoms with E-state index < -0.39 is 0 Å². The number of hydrogen-bond acceptors (Lipinski definition) is 4. The van der Waals surface area contributed by atoms with Crippen LogP contribution in [0.2, 0.25) is 5.02 Å². The second-order valence-electron chi connectivity index (χ2n) is 10.8. The van der Waals surface area contributed by atoms with Crippen molar-refractivity contribution in [2.75, 3.05) is 18.5 Å². The van der Waals surface area contributed by atoms with Gasteiger partial charge in [0.15, 0.2) is 19.3 Å². The molecule has 0 aliphatic heterocycles. The molecule has 0 saturated heterocycles. The Labute approximate surface area is 272 Å². The lowest BCUT2D eigenvalue weighted by Crippen LogP contribution is -3.00. The standard InChI is InChI=1S/C34H47ClN2O3S.BrH/c1-2-3-4-5-6-7-8-9-10-11-12-13-14-15-23-39-31-20-21-33(32(35)25-31)40-27-34(38)36-30-18-16-29(17-19-30)26-37-22-24-41-28-37;/h16-22,24-25,28H,2-15,23,26-27H2,1H3;1H. The predicted molar refractivity (Wildman–Crippen MR) is 171 cm³/mol. The fourth-order valence-corrected chi connectivity index (χ4v) is 5.59. The van der Waals surface area contributed by atoms with E-state index in [4.69, 9.17) is 21.1 Å². The maximum absolute atomic E-state index is 12.4. The van der Waals surface area contributed by atoms with Gasteiger partial charge in [-0.2, -0.15) is 4.57 Å². The number of ether oxygens (including phenoxy) is 2. The van der Waals surface area contributed by atoms with Gasteiger partial charge in [0.25, 0.3) is 5.91 Å². The molecule has 0 unspecified atom stereocenters. The van der Waals surface area contributed by atoms with E-state index in [0.717, 1.165) is 24.4 Å². The molecule has 0 aliphatic carbocycles. The molecular weight excluding hydrogens is 632 g/mol. The summed E-state index contributed by atoms with van der Waals surface area (Å²) in [6.07, 6.45) is 20.8. The molecule has 1 N–H and O–H groups in total. The summed E-state index contributed by atoms with van der Waals surface area (Å²) < 4.78 is 13.6. The van der Waals surface area contributed by atoms with E-state index in [2.05, 4.69) is 22.3 Å². The summed E-state index contributed by atoms with van der Waals surface area (Å²) in [6, 6.07) is 13.2. The Kier molecular flexibility index (Phi) is 19.3. The van der Waals surface area contributed by atoms with Gasteiger partial charge in [-0.15, -0.1) is 0 Å². The fraction of sp³-hybridized carbons (Fsp3) is 0.529. The number of nitrogens with zero attached hydrogens (tertiary/aromatic N) is 1. The lowest BCUT2D eigenvalue weighted by Gasteiger charge is -2.11. The van der Waals surface area contributed by atoms with Gasteiger partial charge in [-0.25, -0.2) is 0 Å². The maximum Gasteiger partial charge on any atom is 0.262 e. The predicted octanol–water partition coefficient (Wildman–Crippen LogP) is 6.62. The van der Waals surface area contributed by atoms with Gasteiger partial charge in [-0.3, -0.25) is 4.79 Å². The van der Waals surface area contributed by atoms with Crippen molar-refractivity contribution in [1.82, 2.24) is 0 Å². The van der Waals surface area contributed by atoms with Gasteiger partial charge in [0, 0.05) is 17.3 Å². The van der Waals surface area contributed by atoms with Crippen molar-refractivity contribution in [2.24, 2.45) is 0 Å². The molecule has 0 aliphatic rings. The largest absolute Gasteiger partial charge is 1.00 e. The van der Waals surface area contributed by atoms with Gasteiger partial charge in [-0.05, 0) is 30.7 Å². The number of aromatic nitrogens is 1. The highest BCUT2D eigenvalue weighted by Crippen LogP contribution is 2.29. The van der Waals surface area contributed by atoms with E-state index in [-0.39, 0.29) is 29.5 Å². The van der Waals surface area contributed by atoms with Crippen LogP contribution in [-0.4, -0.2) is 19.1 Å². The van der Waals surface area contributed by atoms with Crippen molar-refractivity contribution < 1.29 is 35.8 Å². The summed E-state index contributed by atoms with van der Waals surface area (Å²) in [4.78, 5) is 12.4. The summed E-state index contributed by atoms with van der Waals surface area (Å²) in [5.74, 6) is 0.954. The number of carbonyl (C=O) groups excluding carboxylic acids is 1. The van der Waals surface area contributed by atoms with Crippen LogP contribution < -0.4 is 36.3 Å². The molecule has 0 fully saturated rings. The Bertz CT molecular complexity index is 1110. The molecule has 42 heavy (non-hydrogen) atoms. The molecule has 8 heteroatoms. The molecule has 0 spiro atoms. The third-order valence-electron chi connectivity index (χ3n) is 7.16. The van der Waals surface area contributed by atoms with E-state index >= 15 is 0 Å². The number of nitrogens with one attached hydrogen (secondary N) is 1. The monoisotopic (exact) mass is 678 g/mol. The van der Waals surface area contributed by atoms with Gasteiger partial charge in [0.2, 0.25) is 5.51 Å². The molecular formula is C34H48BrClN2O3S. The van der Waals surface area contributed by atoms with Crippen LogP contribution in [0.3, 0.4) is 0 Å². The number of carbonyl (C=O) groups is 1. The fourth-order valence-electron chi connectivity index (χ4n) is 4.77. The minimum atomic E-state index is -0.237. The quantitative estimate of drug-likeness (QED) is 0.0960. The van der Waals surface area contributed by atoms with Crippen molar-refractivity contribution in [3.05, 3.63) is 70.1 Å². The zero-order chi connectivity index (χ0) is 29.0. The van der Waals surface area contributed by atoms with Crippen LogP contribution in [0.4, 0.5) is 5.69 Å². The highest BCUT2D eigenvalue weighted by atomic mass is 79.9. The Morgan fingerprint density at radius 1 is 0.833 bits per heavy atom. The topological polar surface area (TPSA) is 51.4 Å². The van der Waals surface area contributed by atoms with Gasteiger partial charge in [0.1, 0.15) is 11.5 Å². The molecule has 2 aromatic carbocycles. The van der Waals surface area contributed by atoms with Crippen LogP contribution >= 0.6 is 22.9 Å². The number of unbranched alkanes of at least 4 members (excludes halogenated alkanes) is 13. The number of benzene rings is 2. The van der Waals surface area contributed by atoms with E-state index in [0.29, 0.717) is 17.4 Å². The molecule has 5 nitrogen and oxygen atoms in total. The highest BCUT2D eigenvalue weighted by Gasteiger charge is 2.09. The number of thiazole rings is 1. The van der Waals surface area contributed by atoms with Crippen LogP contribution in [0, 0.1) is 0 Å². The van der Waals surface area contributed by atoms with E-state index in [1.807, 2.05) is 41.9 Å². The first kappa shape index (κ1) is 36.1. The lowest BCUT2D eigenvalue weighted by molar-refractivity contribution is -0.683. The molecule has 0 saturated carbocycles. The number of amides is 1. The Balaban J connectivity index is 0.00000616. The Hall–Kier alpha value is -2.09. The normalized spacial score (nSPS) is 10.7. The first-order valence-corrected chi connectivity index (χ1v) is 16.8. The SMILES string of the molecule is CCCCCCCCCCCCCCCCOc1ccc(OCC(=O)Nc2ccc(C[n+]3ccsc3)cc2)c(Cl)c1.[Br-]. The lowest BCUT2D eigenvalue weighted by atomic mass is 10.0. The second-order valence-corrected chi connectivity index (χ2v) is 11.9. The van der Waals surface area contributed by atoms with Crippen LogP contribution in [0.25, 0.3) is 0 Å².